The Morgan fingerprint density at radius 2 is 2.22 bits per heavy atom. The molecule has 1 aromatic carbocycles. The number of rotatable bonds is 5. The summed E-state index contributed by atoms with van der Waals surface area (Å²) in [7, 11) is 1.86. The molecule has 6 heteroatoms. The molecular formula is C12H16N2O4. The summed E-state index contributed by atoms with van der Waals surface area (Å²) in [6.07, 6.45) is -0.0467. The molecule has 98 valence electrons. The number of anilines is 1. The van der Waals surface area contributed by atoms with Gasteiger partial charge in [-0.15, -0.1) is 0 Å². The Labute approximate surface area is 105 Å². The number of nitrogens with two attached hydrogens (primary N) is 1. The van der Waals surface area contributed by atoms with Crippen molar-refractivity contribution in [3.63, 3.8) is 0 Å². The SMILES string of the molecule is CN(CC(N)CC(=O)O)c1ccc2c(c1)OCO2. The minimum absolute atomic E-state index is 0.0467. The van der Waals surface area contributed by atoms with Crippen LogP contribution in [0.5, 0.6) is 11.5 Å². The van der Waals surface area contributed by atoms with Gasteiger partial charge in [-0.05, 0) is 12.1 Å². The Bertz CT molecular complexity index is 450. The van der Waals surface area contributed by atoms with E-state index in [1.54, 1.807) is 0 Å². The summed E-state index contributed by atoms with van der Waals surface area (Å²) < 4.78 is 10.5. The number of hydrogen-bond donors (Lipinski definition) is 2. The van der Waals surface area contributed by atoms with Gasteiger partial charge in [-0.2, -0.15) is 0 Å². The van der Waals surface area contributed by atoms with Crippen LogP contribution < -0.4 is 20.1 Å². The normalized spacial score (nSPS) is 14.3. The maximum atomic E-state index is 10.5. The molecule has 1 aliphatic rings. The van der Waals surface area contributed by atoms with Crippen molar-refractivity contribution in [1.29, 1.82) is 0 Å². The molecular weight excluding hydrogens is 236 g/mol. The number of nitrogens with zero attached hydrogens (tertiary/aromatic N) is 1. The first-order chi connectivity index (χ1) is 8.56. The van der Waals surface area contributed by atoms with Crippen LogP contribution in [-0.2, 0) is 4.79 Å². The predicted octanol–water partition coefficient (Wildman–Crippen LogP) is 0.653. The Hall–Kier alpha value is -1.95. The van der Waals surface area contributed by atoms with E-state index >= 15 is 0 Å². The van der Waals surface area contributed by atoms with E-state index in [-0.39, 0.29) is 13.2 Å². The Morgan fingerprint density at radius 1 is 1.50 bits per heavy atom. The highest BCUT2D eigenvalue weighted by Crippen LogP contribution is 2.35. The molecule has 1 aliphatic heterocycles. The molecule has 0 spiro atoms. The molecule has 0 saturated heterocycles. The van der Waals surface area contributed by atoms with Gasteiger partial charge in [0.05, 0.1) is 6.42 Å². The minimum atomic E-state index is -0.887. The summed E-state index contributed by atoms with van der Waals surface area (Å²) in [5.74, 6) is 0.537. The third kappa shape index (κ3) is 2.84. The van der Waals surface area contributed by atoms with Crippen LogP contribution in [0.4, 0.5) is 5.69 Å². The van der Waals surface area contributed by atoms with Crippen LogP contribution in [0.2, 0.25) is 0 Å². The van der Waals surface area contributed by atoms with E-state index in [4.69, 9.17) is 20.3 Å². The van der Waals surface area contributed by atoms with E-state index in [2.05, 4.69) is 0 Å². The van der Waals surface area contributed by atoms with E-state index in [0.29, 0.717) is 12.3 Å². The van der Waals surface area contributed by atoms with E-state index in [9.17, 15) is 4.79 Å². The van der Waals surface area contributed by atoms with Crippen LogP contribution >= 0.6 is 0 Å². The first-order valence-electron chi connectivity index (χ1n) is 5.64. The molecule has 6 nitrogen and oxygen atoms in total. The zero-order chi connectivity index (χ0) is 13.1. The Morgan fingerprint density at radius 3 is 2.94 bits per heavy atom. The van der Waals surface area contributed by atoms with Crippen LogP contribution in [0.3, 0.4) is 0 Å². The molecule has 0 radical (unpaired) electrons. The van der Waals surface area contributed by atoms with Gasteiger partial charge in [-0.25, -0.2) is 0 Å². The molecule has 1 atom stereocenters. The first-order valence-corrected chi connectivity index (χ1v) is 5.64. The van der Waals surface area contributed by atoms with Crippen molar-refractivity contribution in [3.05, 3.63) is 18.2 Å². The highest BCUT2D eigenvalue weighted by Gasteiger charge is 2.16. The number of aliphatic carboxylic acids is 1. The van der Waals surface area contributed by atoms with Crippen molar-refractivity contribution in [2.24, 2.45) is 5.73 Å². The third-order valence-corrected chi connectivity index (χ3v) is 2.74. The molecule has 0 aliphatic carbocycles. The number of fused-ring (bicyclic) bond motifs is 1. The van der Waals surface area contributed by atoms with Gasteiger partial charge in [0.15, 0.2) is 11.5 Å². The second-order valence-corrected chi connectivity index (χ2v) is 4.28. The van der Waals surface area contributed by atoms with Crippen LogP contribution in [0.15, 0.2) is 18.2 Å². The molecule has 0 bridgehead atoms. The van der Waals surface area contributed by atoms with Crippen molar-refractivity contribution in [1.82, 2.24) is 0 Å². The van der Waals surface area contributed by atoms with Crippen molar-refractivity contribution < 1.29 is 19.4 Å². The molecule has 1 heterocycles. The number of ether oxygens (including phenoxy) is 2. The van der Waals surface area contributed by atoms with E-state index in [1.165, 1.54) is 0 Å². The van der Waals surface area contributed by atoms with Gasteiger partial charge in [0, 0.05) is 31.4 Å². The number of likely N-dealkylation sites (N-methyl/N-ethyl adjacent to an activating group) is 1. The van der Waals surface area contributed by atoms with Gasteiger partial charge >= 0.3 is 5.97 Å². The largest absolute Gasteiger partial charge is 0.481 e. The zero-order valence-electron chi connectivity index (χ0n) is 10.1. The number of benzene rings is 1. The second kappa shape index (κ2) is 5.14. The predicted molar refractivity (Wildman–Crippen MR) is 66.1 cm³/mol. The second-order valence-electron chi connectivity index (χ2n) is 4.28. The quantitative estimate of drug-likeness (QED) is 0.800. The Kier molecular flexibility index (Phi) is 3.57. The average molecular weight is 252 g/mol. The number of carboxylic acid groups (broad SMARTS) is 1. The van der Waals surface area contributed by atoms with Crippen molar-refractivity contribution in [3.8, 4) is 11.5 Å². The maximum Gasteiger partial charge on any atom is 0.304 e. The molecule has 0 fully saturated rings. The fraction of sp³-hybridized carbons (Fsp3) is 0.417. The van der Waals surface area contributed by atoms with Gasteiger partial charge < -0.3 is 25.2 Å². The zero-order valence-corrected chi connectivity index (χ0v) is 10.1. The highest BCUT2D eigenvalue weighted by atomic mass is 16.7. The average Bonchev–Trinajstić information content (AvgIpc) is 2.74. The lowest BCUT2D eigenvalue weighted by atomic mass is 10.2. The third-order valence-electron chi connectivity index (χ3n) is 2.74. The standard InChI is InChI=1S/C12H16N2O4/c1-14(6-8(13)4-12(15)16)9-2-3-10-11(5-9)18-7-17-10/h2-3,5,8H,4,6-7,13H2,1H3,(H,15,16). The smallest absolute Gasteiger partial charge is 0.304 e. The lowest BCUT2D eigenvalue weighted by Gasteiger charge is -2.22. The van der Waals surface area contributed by atoms with Crippen LogP contribution in [0.25, 0.3) is 0 Å². The molecule has 0 saturated carbocycles. The Balaban J connectivity index is 2.00. The van der Waals surface area contributed by atoms with Gasteiger partial charge in [-0.1, -0.05) is 0 Å². The van der Waals surface area contributed by atoms with E-state index in [1.807, 2.05) is 30.1 Å². The number of carboxylic acids is 1. The van der Waals surface area contributed by atoms with Crippen molar-refractivity contribution >= 4 is 11.7 Å². The lowest BCUT2D eigenvalue weighted by Crippen LogP contribution is -2.36. The topological polar surface area (TPSA) is 85.0 Å². The maximum absolute atomic E-state index is 10.5. The van der Waals surface area contributed by atoms with Crippen LogP contribution in [-0.4, -0.2) is 37.5 Å². The number of hydrogen-bond acceptors (Lipinski definition) is 5. The number of carbonyl (C=O) groups is 1. The summed E-state index contributed by atoms with van der Waals surface area (Å²) in [5, 5.41) is 8.66. The van der Waals surface area contributed by atoms with Gasteiger partial charge in [0.2, 0.25) is 6.79 Å². The lowest BCUT2D eigenvalue weighted by molar-refractivity contribution is -0.137. The van der Waals surface area contributed by atoms with Crippen LogP contribution in [0.1, 0.15) is 6.42 Å². The fourth-order valence-electron chi connectivity index (χ4n) is 1.87. The fourth-order valence-corrected chi connectivity index (χ4v) is 1.87. The molecule has 0 amide bonds. The summed E-state index contributed by atoms with van der Waals surface area (Å²) in [6.45, 7) is 0.701. The van der Waals surface area contributed by atoms with Gasteiger partial charge in [0.1, 0.15) is 0 Å². The molecule has 18 heavy (non-hydrogen) atoms. The molecule has 1 unspecified atom stereocenters. The molecule has 1 aromatic rings. The van der Waals surface area contributed by atoms with Crippen molar-refractivity contribution in [2.45, 2.75) is 12.5 Å². The summed E-state index contributed by atoms with van der Waals surface area (Å²) in [4.78, 5) is 12.4. The minimum Gasteiger partial charge on any atom is -0.481 e. The molecule has 0 aromatic heterocycles. The molecule has 3 N–H and O–H groups in total. The van der Waals surface area contributed by atoms with Gasteiger partial charge in [0.25, 0.3) is 0 Å². The monoisotopic (exact) mass is 252 g/mol. The van der Waals surface area contributed by atoms with Gasteiger partial charge in [-0.3, -0.25) is 4.79 Å². The molecule has 2 rings (SSSR count). The van der Waals surface area contributed by atoms with E-state index < -0.39 is 12.0 Å². The van der Waals surface area contributed by atoms with Crippen molar-refractivity contribution in [2.75, 3.05) is 25.3 Å². The van der Waals surface area contributed by atoms with E-state index in [0.717, 1.165) is 11.4 Å². The summed E-state index contributed by atoms with van der Waals surface area (Å²) in [6, 6.07) is 5.17. The first kappa shape index (κ1) is 12.5. The highest BCUT2D eigenvalue weighted by molar-refractivity contribution is 5.67. The summed E-state index contributed by atoms with van der Waals surface area (Å²) >= 11 is 0. The summed E-state index contributed by atoms with van der Waals surface area (Å²) in [5.41, 5.74) is 6.66. The van der Waals surface area contributed by atoms with Crippen LogP contribution in [0, 0.1) is 0 Å².